The molecule has 28 heavy (non-hydrogen) atoms. The molecule has 146 valence electrons. The number of hydrogen-bond donors (Lipinski definition) is 0. The Hall–Kier alpha value is -2.95. The van der Waals surface area contributed by atoms with Gasteiger partial charge in [0.15, 0.2) is 0 Å². The molecule has 5 heteroatoms. The molecule has 1 aliphatic rings. The van der Waals surface area contributed by atoms with Gasteiger partial charge in [-0.25, -0.2) is 4.39 Å². The lowest BCUT2D eigenvalue weighted by atomic mass is 10.1. The van der Waals surface area contributed by atoms with Crippen LogP contribution >= 0.6 is 0 Å². The van der Waals surface area contributed by atoms with E-state index in [-0.39, 0.29) is 24.1 Å². The highest BCUT2D eigenvalue weighted by Gasteiger charge is 2.23. The normalized spacial score (nSPS) is 14.9. The van der Waals surface area contributed by atoms with Crippen LogP contribution < -0.4 is 0 Å². The molecule has 0 radical (unpaired) electrons. The molecule has 1 saturated heterocycles. The molecule has 0 N–H and O–H groups in total. The third kappa shape index (κ3) is 5.06. The number of aryl methyl sites for hydroxylation is 1. The van der Waals surface area contributed by atoms with E-state index in [0.717, 1.165) is 11.1 Å². The first-order chi connectivity index (χ1) is 13.5. The summed E-state index contributed by atoms with van der Waals surface area (Å²) < 4.78 is 13.7. The number of piperazine rings is 1. The Balaban J connectivity index is 1.49. The number of carbonyl (C=O) groups is 2. The van der Waals surface area contributed by atoms with Crippen LogP contribution in [-0.2, 0) is 16.0 Å². The quantitative estimate of drug-likeness (QED) is 0.745. The van der Waals surface area contributed by atoms with Crippen LogP contribution in [0.15, 0.2) is 60.7 Å². The maximum Gasteiger partial charge on any atom is 0.246 e. The van der Waals surface area contributed by atoms with E-state index < -0.39 is 0 Å². The topological polar surface area (TPSA) is 40.6 Å². The highest BCUT2D eigenvalue weighted by atomic mass is 19.1. The third-order valence-corrected chi connectivity index (χ3v) is 5.08. The molecule has 0 bridgehead atoms. The van der Waals surface area contributed by atoms with Crippen molar-refractivity contribution < 1.29 is 14.0 Å². The summed E-state index contributed by atoms with van der Waals surface area (Å²) >= 11 is 0. The number of hydrogen-bond acceptors (Lipinski definition) is 2. The molecule has 0 unspecified atom stereocenters. The second-order valence-corrected chi connectivity index (χ2v) is 6.99. The molecule has 3 rings (SSSR count). The summed E-state index contributed by atoms with van der Waals surface area (Å²) in [5, 5.41) is 0. The molecule has 1 aliphatic heterocycles. The highest BCUT2D eigenvalue weighted by molar-refractivity contribution is 5.95. The number of nitrogens with zero attached hydrogens (tertiary/aromatic N) is 2. The number of rotatable bonds is 5. The lowest BCUT2D eigenvalue weighted by molar-refractivity contribution is -0.137. The Morgan fingerprint density at radius 2 is 1.54 bits per heavy atom. The number of amides is 2. The Labute approximate surface area is 165 Å². The van der Waals surface area contributed by atoms with Gasteiger partial charge in [0.05, 0.1) is 0 Å². The zero-order valence-corrected chi connectivity index (χ0v) is 16.1. The van der Waals surface area contributed by atoms with Gasteiger partial charge < -0.3 is 9.80 Å². The van der Waals surface area contributed by atoms with E-state index in [1.807, 2.05) is 37.3 Å². The summed E-state index contributed by atoms with van der Waals surface area (Å²) in [6.45, 7) is 3.99. The number of allylic oxidation sites excluding steroid dienone is 1. The Bertz CT molecular complexity index is 856. The van der Waals surface area contributed by atoms with E-state index in [1.165, 1.54) is 6.07 Å². The second kappa shape index (κ2) is 9.31. The monoisotopic (exact) mass is 380 g/mol. The van der Waals surface area contributed by atoms with Crippen LogP contribution in [0.25, 0.3) is 5.57 Å². The second-order valence-electron chi connectivity index (χ2n) is 6.99. The molecular weight excluding hydrogens is 355 g/mol. The van der Waals surface area contributed by atoms with E-state index in [2.05, 4.69) is 0 Å². The van der Waals surface area contributed by atoms with Crippen LogP contribution in [0.3, 0.4) is 0 Å². The molecular formula is C23H25FN2O2. The van der Waals surface area contributed by atoms with Crippen LogP contribution in [0.1, 0.15) is 24.5 Å². The minimum Gasteiger partial charge on any atom is -0.339 e. The van der Waals surface area contributed by atoms with Crippen molar-refractivity contribution in [3.63, 3.8) is 0 Å². The molecule has 0 aromatic heterocycles. The molecule has 2 aromatic carbocycles. The van der Waals surface area contributed by atoms with Crippen molar-refractivity contribution in [3.8, 4) is 0 Å². The van der Waals surface area contributed by atoms with E-state index in [1.54, 1.807) is 34.1 Å². The molecule has 2 aromatic rings. The fraction of sp³-hybridized carbons (Fsp3) is 0.304. The standard InChI is InChI=1S/C23H25FN2O2/c1-18(19-7-3-2-4-8-19)17-23(28)26-15-13-25(14-16-26)22(27)12-11-20-9-5-6-10-21(20)24/h2-10,17H,11-16H2,1H3/b18-17+. The Morgan fingerprint density at radius 1 is 0.929 bits per heavy atom. The van der Waals surface area contributed by atoms with Gasteiger partial charge >= 0.3 is 0 Å². The summed E-state index contributed by atoms with van der Waals surface area (Å²) in [7, 11) is 0. The van der Waals surface area contributed by atoms with Crippen molar-refractivity contribution in [2.45, 2.75) is 19.8 Å². The molecule has 1 heterocycles. The predicted octanol–water partition coefficient (Wildman–Crippen LogP) is 3.53. The maximum atomic E-state index is 13.7. The average Bonchev–Trinajstić information content (AvgIpc) is 2.73. The lowest BCUT2D eigenvalue weighted by Crippen LogP contribution is -2.50. The molecule has 4 nitrogen and oxygen atoms in total. The van der Waals surface area contributed by atoms with E-state index in [0.29, 0.717) is 38.2 Å². The van der Waals surface area contributed by atoms with Gasteiger partial charge in [-0.05, 0) is 36.1 Å². The summed E-state index contributed by atoms with van der Waals surface area (Å²) in [5.74, 6) is -0.294. The summed E-state index contributed by atoms with van der Waals surface area (Å²) in [6, 6.07) is 16.3. The van der Waals surface area contributed by atoms with Gasteiger partial charge in [-0.1, -0.05) is 48.5 Å². The van der Waals surface area contributed by atoms with Gasteiger partial charge in [-0.2, -0.15) is 0 Å². The van der Waals surface area contributed by atoms with Gasteiger partial charge in [0.1, 0.15) is 5.82 Å². The van der Waals surface area contributed by atoms with Gasteiger partial charge in [0, 0.05) is 38.7 Å². The van der Waals surface area contributed by atoms with Crippen LogP contribution in [0.2, 0.25) is 0 Å². The SMILES string of the molecule is C/C(=C\C(=O)N1CCN(C(=O)CCc2ccccc2F)CC1)c1ccccc1. The van der Waals surface area contributed by atoms with Crippen LogP contribution in [0, 0.1) is 5.82 Å². The molecule has 1 fully saturated rings. The van der Waals surface area contributed by atoms with Crippen molar-refractivity contribution in [1.82, 2.24) is 9.80 Å². The Kier molecular flexibility index (Phi) is 6.58. The zero-order valence-electron chi connectivity index (χ0n) is 16.1. The first-order valence-electron chi connectivity index (χ1n) is 9.58. The summed E-state index contributed by atoms with van der Waals surface area (Å²) in [6.07, 6.45) is 2.33. The van der Waals surface area contributed by atoms with Crippen molar-refractivity contribution in [1.29, 1.82) is 0 Å². The minimum absolute atomic E-state index is 0.00589. The summed E-state index contributed by atoms with van der Waals surface area (Å²) in [4.78, 5) is 28.5. The van der Waals surface area contributed by atoms with Gasteiger partial charge in [-0.3, -0.25) is 9.59 Å². The fourth-order valence-corrected chi connectivity index (χ4v) is 3.34. The third-order valence-electron chi connectivity index (χ3n) is 5.08. The number of benzene rings is 2. The van der Waals surface area contributed by atoms with Crippen molar-refractivity contribution in [2.24, 2.45) is 0 Å². The van der Waals surface area contributed by atoms with Gasteiger partial charge in [0.25, 0.3) is 0 Å². The first-order valence-corrected chi connectivity index (χ1v) is 9.58. The summed E-state index contributed by atoms with van der Waals surface area (Å²) in [5.41, 5.74) is 2.51. The van der Waals surface area contributed by atoms with E-state index in [9.17, 15) is 14.0 Å². The lowest BCUT2D eigenvalue weighted by Gasteiger charge is -2.34. The number of carbonyl (C=O) groups excluding carboxylic acids is 2. The van der Waals surface area contributed by atoms with E-state index >= 15 is 0 Å². The zero-order chi connectivity index (χ0) is 19.9. The molecule has 0 saturated carbocycles. The smallest absolute Gasteiger partial charge is 0.246 e. The average molecular weight is 380 g/mol. The van der Waals surface area contributed by atoms with Gasteiger partial charge in [0.2, 0.25) is 11.8 Å². The van der Waals surface area contributed by atoms with Crippen LogP contribution in [0.5, 0.6) is 0 Å². The molecule has 0 atom stereocenters. The van der Waals surface area contributed by atoms with E-state index in [4.69, 9.17) is 0 Å². The number of halogens is 1. The highest BCUT2D eigenvalue weighted by Crippen LogP contribution is 2.15. The first kappa shape index (κ1) is 19.8. The molecule has 0 spiro atoms. The van der Waals surface area contributed by atoms with Crippen molar-refractivity contribution in [2.75, 3.05) is 26.2 Å². The van der Waals surface area contributed by atoms with Crippen molar-refractivity contribution in [3.05, 3.63) is 77.6 Å². The van der Waals surface area contributed by atoms with Crippen LogP contribution in [-0.4, -0.2) is 47.8 Å². The van der Waals surface area contributed by atoms with Crippen molar-refractivity contribution >= 4 is 17.4 Å². The minimum atomic E-state index is -0.272. The predicted molar refractivity (Wildman–Crippen MR) is 108 cm³/mol. The van der Waals surface area contributed by atoms with Crippen LogP contribution in [0.4, 0.5) is 4.39 Å². The maximum absolute atomic E-state index is 13.7. The largest absolute Gasteiger partial charge is 0.339 e. The van der Waals surface area contributed by atoms with Gasteiger partial charge in [-0.15, -0.1) is 0 Å². The molecule has 2 amide bonds. The Morgan fingerprint density at radius 3 is 2.21 bits per heavy atom. The molecule has 0 aliphatic carbocycles. The fourth-order valence-electron chi connectivity index (χ4n) is 3.34.